The number of amides is 1. The molecule has 1 aromatic carbocycles. The third-order valence-electron chi connectivity index (χ3n) is 4.05. The van der Waals surface area contributed by atoms with E-state index in [9.17, 15) is 4.79 Å². The van der Waals surface area contributed by atoms with Crippen LogP contribution in [0.3, 0.4) is 0 Å². The fourth-order valence-corrected chi connectivity index (χ4v) is 3.29. The van der Waals surface area contributed by atoms with Crippen LogP contribution in [0, 0.1) is 11.8 Å². The van der Waals surface area contributed by atoms with Crippen molar-refractivity contribution in [3.05, 3.63) is 35.9 Å². The molecule has 2 saturated carbocycles. The van der Waals surface area contributed by atoms with Crippen LogP contribution in [0.25, 0.3) is 0 Å². The highest BCUT2D eigenvalue weighted by Crippen LogP contribution is 2.59. The monoisotopic (exact) mass is 215 g/mol. The third kappa shape index (κ3) is 1.62. The first-order chi connectivity index (χ1) is 7.75. The van der Waals surface area contributed by atoms with Crippen molar-refractivity contribution >= 4 is 5.91 Å². The lowest BCUT2D eigenvalue weighted by Crippen LogP contribution is -2.33. The van der Waals surface area contributed by atoms with Crippen LogP contribution in [-0.4, -0.2) is 11.9 Å². The summed E-state index contributed by atoms with van der Waals surface area (Å²) < 4.78 is 0. The maximum Gasteiger partial charge on any atom is 0.217 e. The summed E-state index contributed by atoms with van der Waals surface area (Å²) in [6.07, 6.45) is 2.42. The molecule has 0 heterocycles. The lowest BCUT2D eigenvalue weighted by Gasteiger charge is -2.17. The van der Waals surface area contributed by atoms with E-state index in [1.54, 1.807) is 6.92 Å². The number of hydrogen-bond acceptors (Lipinski definition) is 1. The van der Waals surface area contributed by atoms with Crippen LogP contribution in [0.1, 0.15) is 31.2 Å². The summed E-state index contributed by atoms with van der Waals surface area (Å²) in [4.78, 5) is 11.1. The zero-order valence-electron chi connectivity index (χ0n) is 9.52. The molecule has 16 heavy (non-hydrogen) atoms. The Morgan fingerprint density at radius 2 is 1.94 bits per heavy atom. The van der Waals surface area contributed by atoms with Crippen LogP contribution in [0.5, 0.6) is 0 Å². The summed E-state index contributed by atoms with van der Waals surface area (Å²) in [5.74, 6) is 2.35. The minimum atomic E-state index is 0.115. The normalized spacial score (nSPS) is 35.6. The van der Waals surface area contributed by atoms with Gasteiger partial charge in [-0.2, -0.15) is 0 Å². The zero-order valence-corrected chi connectivity index (χ0v) is 9.52. The average molecular weight is 215 g/mol. The van der Waals surface area contributed by atoms with Gasteiger partial charge in [-0.3, -0.25) is 4.79 Å². The van der Waals surface area contributed by atoms with Crippen LogP contribution < -0.4 is 5.32 Å². The van der Waals surface area contributed by atoms with Gasteiger partial charge in [-0.05, 0) is 36.2 Å². The second-order valence-electron chi connectivity index (χ2n) is 5.12. The molecule has 2 fully saturated rings. The molecule has 2 heteroatoms. The average Bonchev–Trinajstić information content (AvgIpc) is 2.99. The van der Waals surface area contributed by atoms with Crippen LogP contribution in [0.2, 0.25) is 0 Å². The Morgan fingerprint density at radius 1 is 1.19 bits per heavy atom. The fraction of sp³-hybridized carbons (Fsp3) is 0.500. The molecule has 2 aliphatic carbocycles. The highest BCUT2D eigenvalue weighted by atomic mass is 16.1. The summed E-state index contributed by atoms with van der Waals surface area (Å²) in [6.45, 7) is 1.62. The molecule has 4 atom stereocenters. The molecular formula is C14H17NO. The van der Waals surface area contributed by atoms with E-state index in [2.05, 4.69) is 35.6 Å². The first-order valence-corrected chi connectivity index (χ1v) is 6.08. The Balaban J connectivity index is 1.74. The SMILES string of the molecule is CC(=O)N[C@@H]1C[C@H](c2ccccc2)[C@H]2C[C@@H]21. The molecule has 0 bridgehead atoms. The topological polar surface area (TPSA) is 29.1 Å². The molecule has 1 N–H and O–H groups in total. The quantitative estimate of drug-likeness (QED) is 0.806. The van der Waals surface area contributed by atoms with E-state index in [-0.39, 0.29) is 5.91 Å². The molecule has 0 spiro atoms. The van der Waals surface area contributed by atoms with Crippen molar-refractivity contribution in [3.63, 3.8) is 0 Å². The Hall–Kier alpha value is -1.31. The van der Waals surface area contributed by atoms with Gasteiger partial charge >= 0.3 is 0 Å². The van der Waals surface area contributed by atoms with E-state index in [4.69, 9.17) is 0 Å². The van der Waals surface area contributed by atoms with Gasteiger partial charge in [0.2, 0.25) is 5.91 Å². The van der Waals surface area contributed by atoms with Crippen molar-refractivity contribution in [2.24, 2.45) is 11.8 Å². The maximum atomic E-state index is 11.1. The van der Waals surface area contributed by atoms with E-state index in [1.807, 2.05) is 0 Å². The van der Waals surface area contributed by atoms with Gasteiger partial charge in [-0.25, -0.2) is 0 Å². The lowest BCUT2D eigenvalue weighted by molar-refractivity contribution is -0.119. The van der Waals surface area contributed by atoms with Gasteiger partial charge in [0, 0.05) is 13.0 Å². The van der Waals surface area contributed by atoms with Crippen molar-refractivity contribution in [2.75, 3.05) is 0 Å². The molecule has 2 aliphatic rings. The van der Waals surface area contributed by atoms with Crippen molar-refractivity contribution in [3.8, 4) is 0 Å². The van der Waals surface area contributed by atoms with Gasteiger partial charge in [0.25, 0.3) is 0 Å². The van der Waals surface area contributed by atoms with Crippen molar-refractivity contribution in [2.45, 2.75) is 31.7 Å². The van der Waals surface area contributed by atoms with Crippen molar-refractivity contribution < 1.29 is 4.79 Å². The minimum Gasteiger partial charge on any atom is -0.353 e. The number of hydrogen-bond donors (Lipinski definition) is 1. The molecular weight excluding hydrogens is 198 g/mol. The Kier molecular flexibility index (Phi) is 2.23. The summed E-state index contributed by atoms with van der Waals surface area (Å²) in [5.41, 5.74) is 1.45. The molecule has 84 valence electrons. The first-order valence-electron chi connectivity index (χ1n) is 6.08. The van der Waals surface area contributed by atoms with Crippen LogP contribution in [-0.2, 0) is 4.79 Å². The third-order valence-corrected chi connectivity index (χ3v) is 4.05. The van der Waals surface area contributed by atoms with Crippen LogP contribution in [0.15, 0.2) is 30.3 Å². The predicted octanol–water partition coefficient (Wildman–Crippen LogP) is 2.31. The molecule has 2 nitrogen and oxygen atoms in total. The summed E-state index contributed by atoms with van der Waals surface area (Å²) in [7, 11) is 0. The second-order valence-corrected chi connectivity index (χ2v) is 5.12. The van der Waals surface area contributed by atoms with Gasteiger partial charge in [0.15, 0.2) is 0 Å². The van der Waals surface area contributed by atoms with Gasteiger partial charge in [-0.15, -0.1) is 0 Å². The molecule has 0 aliphatic heterocycles. The number of carbonyl (C=O) groups is 1. The van der Waals surface area contributed by atoms with Crippen molar-refractivity contribution in [1.29, 1.82) is 0 Å². The number of nitrogens with one attached hydrogen (secondary N) is 1. The molecule has 0 aromatic heterocycles. The Labute approximate surface area is 96.1 Å². The highest BCUT2D eigenvalue weighted by molar-refractivity contribution is 5.73. The zero-order chi connectivity index (χ0) is 11.1. The molecule has 1 aromatic rings. The number of rotatable bonds is 2. The van der Waals surface area contributed by atoms with E-state index in [0.717, 1.165) is 18.3 Å². The van der Waals surface area contributed by atoms with Crippen LogP contribution in [0.4, 0.5) is 0 Å². The largest absolute Gasteiger partial charge is 0.353 e. The standard InChI is InChI=1S/C14H17NO/c1-9(16)15-14-8-11(12-7-13(12)14)10-5-3-2-4-6-10/h2-6,11-14H,7-8H2,1H3,(H,15,16)/t11-,12-,13+,14-/m1/s1. The second kappa shape index (κ2) is 3.62. The number of carbonyl (C=O) groups excluding carboxylic acids is 1. The minimum absolute atomic E-state index is 0.115. The van der Waals surface area contributed by atoms with Gasteiger partial charge in [-0.1, -0.05) is 30.3 Å². The maximum absolute atomic E-state index is 11.1. The summed E-state index contributed by atoms with van der Waals surface area (Å²) in [5, 5.41) is 3.09. The van der Waals surface area contributed by atoms with Gasteiger partial charge in [0.1, 0.15) is 0 Å². The molecule has 1 amide bonds. The van der Waals surface area contributed by atoms with Crippen LogP contribution >= 0.6 is 0 Å². The van der Waals surface area contributed by atoms with E-state index < -0.39 is 0 Å². The first kappa shape index (κ1) is 9.88. The van der Waals surface area contributed by atoms with E-state index in [1.165, 1.54) is 12.0 Å². The number of benzene rings is 1. The molecule has 0 unspecified atom stereocenters. The van der Waals surface area contributed by atoms with E-state index in [0.29, 0.717) is 12.0 Å². The fourth-order valence-electron chi connectivity index (χ4n) is 3.29. The molecule has 3 rings (SSSR count). The Bertz CT molecular complexity index is 400. The summed E-state index contributed by atoms with van der Waals surface area (Å²) in [6, 6.07) is 11.1. The molecule has 0 radical (unpaired) electrons. The van der Waals surface area contributed by atoms with Gasteiger partial charge in [0.05, 0.1) is 0 Å². The highest BCUT2D eigenvalue weighted by Gasteiger charge is 2.54. The lowest BCUT2D eigenvalue weighted by atomic mass is 9.93. The van der Waals surface area contributed by atoms with E-state index >= 15 is 0 Å². The smallest absolute Gasteiger partial charge is 0.217 e. The van der Waals surface area contributed by atoms with Gasteiger partial charge < -0.3 is 5.32 Å². The predicted molar refractivity (Wildman–Crippen MR) is 63.0 cm³/mol. The summed E-state index contributed by atoms with van der Waals surface area (Å²) >= 11 is 0. The molecule has 0 saturated heterocycles. The number of fused-ring (bicyclic) bond motifs is 1. The van der Waals surface area contributed by atoms with Crippen molar-refractivity contribution in [1.82, 2.24) is 5.32 Å². The Morgan fingerprint density at radius 3 is 2.62 bits per heavy atom.